The maximum absolute atomic E-state index is 13.6. The van der Waals surface area contributed by atoms with Gasteiger partial charge in [0.15, 0.2) is 0 Å². The summed E-state index contributed by atoms with van der Waals surface area (Å²) in [6, 6.07) is 2.01. The van der Waals surface area contributed by atoms with Gasteiger partial charge < -0.3 is 10.6 Å². The van der Waals surface area contributed by atoms with Gasteiger partial charge in [0.1, 0.15) is 11.6 Å². The molecule has 2 rings (SSSR count). The van der Waals surface area contributed by atoms with Gasteiger partial charge in [-0.05, 0) is 56.8 Å². The summed E-state index contributed by atoms with van der Waals surface area (Å²) in [7, 11) is 0. The van der Waals surface area contributed by atoms with Crippen molar-refractivity contribution < 1.29 is 13.6 Å². The average molecular weight is 319 g/mol. The van der Waals surface area contributed by atoms with Crippen LogP contribution in [0.15, 0.2) is 12.1 Å². The molecule has 1 aromatic carbocycles. The van der Waals surface area contributed by atoms with Crippen LogP contribution >= 0.6 is 12.4 Å². The quantitative estimate of drug-likeness (QED) is 0.896. The van der Waals surface area contributed by atoms with Crippen LogP contribution in [-0.2, 0) is 0 Å². The summed E-state index contributed by atoms with van der Waals surface area (Å²) in [5, 5.41) is 6.02. The van der Waals surface area contributed by atoms with Crippen molar-refractivity contribution in [1.82, 2.24) is 10.6 Å². The van der Waals surface area contributed by atoms with E-state index in [1.807, 2.05) is 0 Å². The Bertz CT molecular complexity index is 491. The molecule has 0 aromatic heterocycles. The molecule has 0 spiro atoms. The lowest BCUT2D eigenvalue weighted by molar-refractivity contribution is 0.0946. The Morgan fingerprint density at radius 2 is 2.14 bits per heavy atom. The molecule has 1 unspecified atom stereocenters. The third-order valence-corrected chi connectivity index (χ3v) is 3.73. The van der Waals surface area contributed by atoms with Crippen molar-refractivity contribution in [3.8, 4) is 0 Å². The van der Waals surface area contributed by atoms with Gasteiger partial charge in [0.2, 0.25) is 0 Å². The lowest BCUT2D eigenvalue weighted by atomic mass is 9.96. The molecule has 0 aliphatic carbocycles. The van der Waals surface area contributed by atoms with Crippen molar-refractivity contribution >= 4 is 18.3 Å². The summed E-state index contributed by atoms with van der Waals surface area (Å²) in [6.45, 7) is 4.06. The molecule has 1 amide bonds. The average Bonchev–Trinajstić information content (AvgIpc) is 2.44. The largest absolute Gasteiger partial charge is 0.352 e. The zero-order valence-corrected chi connectivity index (χ0v) is 12.9. The van der Waals surface area contributed by atoms with Crippen molar-refractivity contribution in [3.05, 3.63) is 34.9 Å². The van der Waals surface area contributed by atoms with Crippen molar-refractivity contribution in [2.45, 2.75) is 26.2 Å². The highest BCUT2D eigenvalue weighted by Gasteiger charge is 2.16. The molecule has 1 aliphatic rings. The summed E-state index contributed by atoms with van der Waals surface area (Å²) in [5.74, 6) is -1.37. The van der Waals surface area contributed by atoms with Crippen LogP contribution < -0.4 is 10.6 Å². The molecule has 1 atom stereocenters. The number of carbonyl (C=O) groups is 1. The normalized spacial score (nSPS) is 18.0. The number of piperidine rings is 1. The second kappa shape index (κ2) is 8.29. The van der Waals surface area contributed by atoms with E-state index in [1.165, 1.54) is 13.0 Å². The Labute approximate surface area is 129 Å². The molecular weight excluding hydrogens is 298 g/mol. The maximum atomic E-state index is 13.6. The van der Waals surface area contributed by atoms with Gasteiger partial charge in [-0.3, -0.25) is 4.79 Å². The minimum Gasteiger partial charge on any atom is -0.352 e. The molecule has 0 bridgehead atoms. The van der Waals surface area contributed by atoms with E-state index in [9.17, 15) is 13.6 Å². The summed E-state index contributed by atoms with van der Waals surface area (Å²) in [4.78, 5) is 11.9. The van der Waals surface area contributed by atoms with E-state index in [-0.39, 0.29) is 23.5 Å². The molecule has 1 aromatic rings. The Morgan fingerprint density at radius 1 is 1.38 bits per heavy atom. The molecule has 1 fully saturated rings. The molecule has 2 N–H and O–H groups in total. The smallest absolute Gasteiger partial charge is 0.254 e. The van der Waals surface area contributed by atoms with E-state index in [0.717, 1.165) is 38.4 Å². The second-order valence-electron chi connectivity index (χ2n) is 5.34. The van der Waals surface area contributed by atoms with Crippen molar-refractivity contribution in [2.24, 2.45) is 5.92 Å². The summed E-state index contributed by atoms with van der Waals surface area (Å²) < 4.78 is 26.7. The van der Waals surface area contributed by atoms with Gasteiger partial charge in [0.05, 0.1) is 5.56 Å². The van der Waals surface area contributed by atoms with Gasteiger partial charge in [0.25, 0.3) is 5.91 Å². The van der Waals surface area contributed by atoms with E-state index in [2.05, 4.69) is 10.6 Å². The van der Waals surface area contributed by atoms with Crippen molar-refractivity contribution in [3.63, 3.8) is 0 Å². The second-order valence-corrected chi connectivity index (χ2v) is 5.34. The van der Waals surface area contributed by atoms with Crippen LogP contribution in [0.2, 0.25) is 0 Å². The zero-order chi connectivity index (χ0) is 14.5. The Hall–Kier alpha value is -1.20. The topological polar surface area (TPSA) is 41.1 Å². The number of aryl methyl sites for hydroxylation is 1. The summed E-state index contributed by atoms with van der Waals surface area (Å²) in [5.41, 5.74) is 0.179. The first-order valence-electron chi connectivity index (χ1n) is 7.02. The molecule has 6 heteroatoms. The monoisotopic (exact) mass is 318 g/mol. The number of hydrogen-bond acceptors (Lipinski definition) is 2. The molecular formula is C15H21ClF2N2O. The summed E-state index contributed by atoms with van der Waals surface area (Å²) >= 11 is 0. The molecule has 118 valence electrons. The fourth-order valence-corrected chi connectivity index (χ4v) is 2.49. The van der Waals surface area contributed by atoms with Crippen LogP contribution in [0.25, 0.3) is 0 Å². The highest BCUT2D eigenvalue weighted by Crippen LogP contribution is 2.15. The van der Waals surface area contributed by atoms with Gasteiger partial charge in [-0.1, -0.05) is 0 Å². The van der Waals surface area contributed by atoms with Crippen molar-refractivity contribution in [1.29, 1.82) is 0 Å². The number of rotatable bonds is 4. The number of halogens is 3. The zero-order valence-electron chi connectivity index (χ0n) is 12.0. The fourth-order valence-electron chi connectivity index (χ4n) is 2.49. The van der Waals surface area contributed by atoms with Crippen LogP contribution in [0.4, 0.5) is 8.78 Å². The first-order chi connectivity index (χ1) is 9.58. The molecule has 21 heavy (non-hydrogen) atoms. The van der Waals surface area contributed by atoms with E-state index in [1.54, 1.807) is 0 Å². The van der Waals surface area contributed by atoms with Crippen molar-refractivity contribution in [2.75, 3.05) is 19.6 Å². The fraction of sp³-hybridized carbons (Fsp3) is 0.533. The van der Waals surface area contributed by atoms with Crippen LogP contribution in [0, 0.1) is 24.5 Å². The third-order valence-electron chi connectivity index (χ3n) is 3.73. The van der Waals surface area contributed by atoms with E-state index >= 15 is 0 Å². The third kappa shape index (κ3) is 4.93. The standard InChI is InChI=1S/C15H20F2N2O.ClH/c1-10-7-12(14(17)8-13(10)16)15(20)19-6-4-11-3-2-5-18-9-11;/h7-8,11,18H,2-6,9H2,1H3,(H,19,20);1H. The van der Waals surface area contributed by atoms with E-state index in [4.69, 9.17) is 0 Å². The van der Waals surface area contributed by atoms with Gasteiger partial charge in [-0.2, -0.15) is 0 Å². The van der Waals surface area contributed by atoms with Gasteiger partial charge in [-0.15, -0.1) is 12.4 Å². The first kappa shape index (κ1) is 17.9. The number of hydrogen-bond donors (Lipinski definition) is 2. The van der Waals surface area contributed by atoms with Gasteiger partial charge in [0, 0.05) is 12.6 Å². The minimum atomic E-state index is -0.815. The highest BCUT2D eigenvalue weighted by atomic mass is 35.5. The highest BCUT2D eigenvalue weighted by molar-refractivity contribution is 5.94. The number of benzene rings is 1. The van der Waals surface area contributed by atoms with Crippen LogP contribution in [0.5, 0.6) is 0 Å². The molecule has 1 heterocycles. The number of carbonyl (C=O) groups excluding carboxylic acids is 1. The van der Waals surface area contributed by atoms with Crippen LogP contribution in [0.1, 0.15) is 35.2 Å². The number of amides is 1. The molecule has 0 radical (unpaired) electrons. The Balaban J connectivity index is 0.00000220. The van der Waals surface area contributed by atoms with Crippen LogP contribution in [0.3, 0.4) is 0 Å². The van der Waals surface area contributed by atoms with E-state index in [0.29, 0.717) is 12.5 Å². The van der Waals surface area contributed by atoms with Gasteiger partial charge in [-0.25, -0.2) is 8.78 Å². The molecule has 0 saturated carbocycles. The number of nitrogens with one attached hydrogen (secondary N) is 2. The van der Waals surface area contributed by atoms with E-state index < -0.39 is 17.5 Å². The molecule has 3 nitrogen and oxygen atoms in total. The SMILES string of the molecule is Cc1cc(C(=O)NCCC2CCCNC2)c(F)cc1F.Cl. The predicted molar refractivity (Wildman–Crippen MR) is 80.9 cm³/mol. The Morgan fingerprint density at radius 3 is 2.81 bits per heavy atom. The lowest BCUT2D eigenvalue weighted by Gasteiger charge is -2.22. The molecule has 1 saturated heterocycles. The maximum Gasteiger partial charge on any atom is 0.254 e. The predicted octanol–water partition coefficient (Wildman–Crippen LogP) is 2.81. The lowest BCUT2D eigenvalue weighted by Crippen LogP contribution is -2.33. The van der Waals surface area contributed by atoms with Crippen LogP contribution in [-0.4, -0.2) is 25.5 Å². The van der Waals surface area contributed by atoms with Gasteiger partial charge >= 0.3 is 0 Å². The first-order valence-corrected chi connectivity index (χ1v) is 7.02. The molecule has 1 aliphatic heterocycles. The minimum absolute atomic E-state index is 0. The summed E-state index contributed by atoms with van der Waals surface area (Å²) in [6.07, 6.45) is 3.19. The Kier molecular flexibility index (Phi) is 7.05.